The number of rotatable bonds is 6. The van der Waals surface area contributed by atoms with Crippen molar-refractivity contribution in [2.24, 2.45) is 0 Å². The second-order valence-corrected chi connectivity index (χ2v) is 6.75. The van der Waals surface area contributed by atoms with Crippen molar-refractivity contribution in [1.29, 1.82) is 0 Å². The van der Waals surface area contributed by atoms with E-state index in [0.29, 0.717) is 5.39 Å². The fourth-order valence-electron chi connectivity index (χ4n) is 2.71. The number of nitrogens with one attached hydrogen (secondary N) is 2. The highest BCUT2D eigenvalue weighted by molar-refractivity contribution is 6.41. The molecule has 0 bridgehead atoms. The van der Waals surface area contributed by atoms with Crippen molar-refractivity contribution in [3.8, 4) is 22.8 Å². The Hall–Kier alpha value is -2.72. The molecule has 2 heterocycles. The summed E-state index contributed by atoms with van der Waals surface area (Å²) >= 11 is 12.9. The Balaban J connectivity index is 2.27. The monoisotopic (exact) mass is 461 g/mol. The number of ether oxygens (including phenoxy) is 2. The van der Waals surface area contributed by atoms with Crippen molar-refractivity contribution in [1.82, 2.24) is 15.0 Å². The van der Waals surface area contributed by atoms with Crippen molar-refractivity contribution in [2.75, 3.05) is 38.4 Å². The topological polar surface area (TPSA) is 81.2 Å². The van der Waals surface area contributed by atoms with Crippen LogP contribution in [0.2, 0.25) is 10.0 Å². The largest absolute Gasteiger partial charge is 0.495 e. The Morgan fingerprint density at radius 1 is 1.03 bits per heavy atom. The van der Waals surface area contributed by atoms with Gasteiger partial charge in [-0.3, -0.25) is 0 Å². The van der Waals surface area contributed by atoms with E-state index >= 15 is 0 Å². The van der Waals surface area contributed by atoms with Crippen molar-refractivity contribution in [2.45, 2.75) is 6.18 Å². The lowest BCUT2D eigenvalue weighted by Gasteiger charge is -2.16. The average molecular weight is 462 g/mol. The number of fused-ring (bicyclic) bond motifs is 1. The molecule has 0 aliphatic rings. The zero-order chi connectivity index (χ0) is 22.1. The molecule has 30 heavy (non-hydrogen) atoms. The fourth-order valence-corrected chi connectivity index (χ4v) is 3.40. The minimum absolute atomic E-state index is 0.104. The average Bonchev–Trinajstić information content (AvgIpc) is 2.71. The number of anilines is 2. The van der Waals surface area contributed by atoms with Crippen LogP contribution in [0, 0.1) is 0 Å². The van der Waals surface area contributed by atoms with Gasteiger partial charge in [-0.1, -0.05) is 23.2 Å². The maximum Gasteiger partial charge on any atom is 0.405 e. The molecule has 0 aliphatic carbocycles. The first-order valence-electron chi connectivity index (χ1n) is 8.45. The van der Waals surface area contributed by atoms with Gasteiger partial charge >= 0.3 is 6.18 Å². The number of hydrogen-bond acceptors (Lipinski definition) is 7. The smallest absolute Gasteiger partial charge is 0.405 e. The molecular formula is C18H16Cl2F3N5O2. The molecule has 1 aromatic carbocycles. The lowest BCUT2D eigenvalue weighted by molar-refractivity contribution is -0.115. The molecule has 3 aromatic rings. The quantitative estimate of drug-likeness (QED) is 0.532. The third-order valence-electron chi connectivity index (χ3n) is 4.08. The van der Waals surface area contributed by atoms with Gasteiger partial charge < -0.3 is 20.1 Å². The number of aromatic nitrogens is 3. The van der Waals surface area contributed by atoms with Gasteiger partial charge in [-0.05, 0) is 6.07 Å². The van der Waals surface area contributed by atoms with Crippen LogP contribution in [0.1, 0.15) is 0 Å². The first kappa shape index (κ1) is 22.0. The lowest BCUT2D eigenvalue weighted by Crippen LogP contribution is -2.22. The summed E-state index contributed by atoms with van der Waals surface area (Å²) < 4.78 is 49.0. The number of pyridine rings is 1. The number of hydrogen-bond donors (Lipinski definition) is 2. The van der Waals surface area contributed by atoms with Gasteiger partial charge in [-0.25, -0.2) is 15.0 Å². The highest BCUT2D eigenvalue weighted by atomic mass is 35.5. The van der Waals surface area contributed by atoms with Crippen molar-refractivity contribution in [3.05, 3.63) is 28.4 Å². The van der Waals surface area contributed by atoms with Gasteiger partial charge in [0.2, 0.25) is 5.95 Å². The van der Waals surface area contributed by atoms with Gasteiger partial charge in [-0.15, -0.1) is 0 Å². The van der Waals surface area contributed by atoms with Crippen LogP contribution < -0.4 is 20.1 Å². The van der Waals surface area contributed by atoms with Crippen molar-refractivity contribution >= 4 is 45.9 Å². The van der Waals surface area contributed by atoms with Gasteiger partial charge in [0.15, 0.2) is 5.82 Å². The SMILES string of the molecule is CNc1ncc2cc(-c3c(Cl)c(OC)cc(OC)c3Cl)nc(NCC(F)(F)F)c2n1. The molecule has 12 heteroatoms. The summed E-state index contributed by atoms with van der Waals surface area (Å²) in [6.07, 6.45) is -3.01. The molecule has 0 fully saturated rings. The van der Waals surface area contributed by atoms with Crippen LogP contribution >= 0.6 is 23.2 Å². The van der Waals surface area contributed by atoms with Crippen LogP contribution in [-0.2, 0) is 0 Å². The van der Waals surface area contributed by atoms with E-state index in [0.717, 1.165) is 0 Å². The highest BCUT2D eigenvalue weighted by Gasteiger charge is 2.28. The third kappa shape index (κ3) is 4.39. The first-order valence-corrected chi connectivity index (χ1v) is 9.20. The predicted octanol–water partition coefficient (Wildman–Crippen LogP) is 5.03. The molecule has 0 saturated carbocycles. The van der Waals surface area contributed by atoms with Gasteiger partial charge in [0.1, 0.15) is 23.6 Å². The zero-order valence-electron chi connectivity index (χ0n) is 16.0. The van der Waals surface area contributed by atoms with E-state index in [1.54, 1.807) is 13.1 Å². The van der Waals surface area contributed by atoms with E-state index in [1.165, 1.54) is 26.5 Å². The van der Waals surface area contributed by atoms with Gasteiger partial charge in [0, 0.05) is 30.3 Å². The molecule has 0 unspecified atom stereocenters. The van der Waals surface area contributed by atoms with Crippen LogP contribution in [0.3, 0.4) is 0 Å². The molecule has 0 saturated heterocycles. The second-order valence-electron chi connectivity index (χ2n) is 5.99. The van der Waals surface area contributed by atoms with Crippen molar-refractivity contribution < 1.29 is 22.6 Å². The number of methoxy groups -OCH3 is 2. The molecule has 2 N–H and O–H groups in total. The Morgan fingerprint density at radius 2 is 1.67 bits per heavy atom. The summed E-state index contributed by atoms with van der Waals surface area (Å²) in [6.45, 7) is -1.31. The van der Waals surface area contributed by atoms with E-state index in [-0.39, 0.29) is 50.1 Å². The minimum atomic E-state index is -4.46. The van der Waals surface area contributed by atoms with Crippen LogP contribution in [-0.4, -0.2) is 48.9 Å². The van der Waals surface area contributed by atoms with E-state index in [4.69, 9.17) is 32.7 Å². The summed E-state index contributed by atoms with van der Waals surface area (Å²) in [5, 5.41) is 5.71. The minimum Gasteiger partial charge on any atom is -0.495 e. The maximum absolute atomic E-state index is 12.8. The van der Waals surface area contributed by atoms with Gasteiger partial charge in [0.05, 0.1) is 30.0 Å². The molecule has 0 radical (unpaired) electrons. The molecule has 3 rings (SSSR count). The second kappa shape index (κ2) is 8.57. The van der Waals surface area contributed by atoms with E-state index in [1.807, 2.05) is 0 Å². The number of nitrogens with zero attached hydrogens (tertiary/aromatic N) is 3. The van der Waals surface area contributed by atoms with Crippen LogP contribution in [0.5, 0.6) is 11.5 Å². The highest BCUT2D eigenvalue weighted by Crippen LogP contribution is 2.46. The summed E-state index contributed by atoms with van der Waals surface area (Å²) in [5.74, 6) is 0.654. The van der Waals surface area contributed by atoms with E-state index in [2.05, 4.69) is 25.6 Å². The number of halogens is 5. The third-order valence-corrected chi connectivity index (χ3v) is 4.83. The van der Waals surface area contributed by atoms with Gasteiger partial charge in [-0.2, -0.15) is 13.2 Å². The molecule has 160 valence electrons. The summed E-state index contributed by atoms with van der Waals surface area (Å²) in [5.41, 5.74) is 0.633. The normalized spacial score (nSPS) is 11.5. The Bertz CT molecular complexity index is 1070. The van der Waals surface area contributed by atoms with Gasteiger partial charge in [0.25, 0.3) is 0 Å². The first-order chi connectivity index (χ1) is 14.2. The fraction of sp³-hybridized carbons (Fsp3) is 0.278. The standard InChI is InChI=1S/C18H16Cl2F3N5O2/c1-24-17-25-6-8-4-9(27-16(15(8)28-17)26-7-18(21,22)23)12-13(19)10(29-2)5-11(30-3)14(12)20/h4-6H,7H2,1-3H3,(H,26,27)(H,24,25,28). The summed E-state index contributed by atoms with van der Waals surface area (Å²) in [6, 6.07) is 3.07. The maximum atomic E-state index is 12.8. The molecule has 0 spiro atoms. The Morgan fingerprint density at radius 3 is 2.20 bits per heavy atom. The molecule has 2 aromatic heterocycles. The lowest BCUT2D eigenvalue weighted by atomic mass is 10.1. The van der Waals surface area contributed by atoms with Crippen molar-refractivity contribution in [3.63, 3.8) is 0 Å². The molecule has 7 nitrogen and oxygen atoms in total. The Labute approximate surface area is 179 Å². The summed E-state index contributed by atoms with van der Waals surface area (Å²) in [4.78, 5) is 12.6. The van der Waals surface area contributed by atoms with E-state index < -0.39 is 12.7 Å². The Kier molecular flexibility index (Phi) is 6.27. The van der Waals surface area contributed by atoms with Crippen LogP contribution in [0.25, 0.3) is 22.2 Å². The predicted molar refractivity (Wildman–Crippen MR) is 110 cm³/mol. The number of benzene rings is 1. The summed E-state index contributed by atoms with van der Waals surface area (Å²) in [7, 11) is 4.42. The zero-order valence-corrected chi connectivity index (χ0v) is 17.5. The molecular weight excluding hydrogens is 446 g/mol. The molecule has 0 amide bonds. The molecule has 0 aliphatic heterocycles. The molecule has 0 atom stereocenters. The number of alkyl halides is 3. The van der Waals surface area contributed by atoms with E-state index in [9.17, 15) is 13.2 Å². The van der Waals surface area contributed by atoms with Crippen LogP contribution in [0.15, 0.2) is 18.3 Å². The van der Waals surface area contributed by atoms with Crippen LogP contribution in [0.4, 0.5) is 24.9 Å².